The highest BCUT2D eigenvalue weighted by Gasteiger charge is 2.24. The van der Waals surface area contributed by atoms with Gasteiger partial charge in [0.2, 0.25) is 0 Å². The number of rotatable bonds is 2. The van der Waals surface area contributed by atoms with E-state index in [1.165, 1.54) is 6.07 Å². The first-order valence-electron chi connectivity index (χ1n) is 5.66. The Morgan fingerprint density at radius 1 is 1.53 bits per heavy atom. The number of carboxylic acids is 1. The molecule has 0 saturated carbocycles. The van der Waals surface area contributed by atoms with Gasteiger partial charge in [-0.05, 0) is 26.0 Å². The summed E-state index contributed by atoms with van der Waals surface area (Å²) in [7, 11) is 0. The lowest BCUT2D eigenvalue weighted by Crippen LogP contribution is -2.47. The summed E-state index contributed by atoms with van der Waals surface area (Å²) in [6.45, 7) is 5.41. The summed E-state index contributed by atoms with van der Waals surface area (Å²) >= 11 is 0. The molecule has 2 unspecified atom stereocenters. The standard InChI is InChI=1S/C12H16N2O3/c1-8-7-17-9(2)6-14(8)11-5-3-4-10(13-11)12(15)16/h3-5,8-9H,6-7H2,1-2H3,(H,15,16). The van der Waals surface area contributed by atoms with Gasteiger partial charge in [-0.2, -0.15) is 0 Å². The summed E-state index contributed by atoms with van der Waals surface area (Å²) in [6.07, 6.45) is 0.140. The molecule has 1 aliphatic heterocycles. The summed E-state index contributed by atoms with van der Waals surface area (Å²) in [5.74, 6) is -0.298. The van der Waals surface area contributed by atoms with Crippen molar-refractivity contribution in [3.8, 4) is 0 Å². The maximum Gasteiger partial charge on any atom is 0.354 e. The summed E-state index contributed by atoms with van der Waals surface area (Å²) in [4.78, 5) is 17.1. The Labute approximate surface area is 100 Å². The maximum atomic E-state index is 10.9. The minimum Gasteiger partial charge on any atom is -0.477 e. The third kappa shape index (κ3) is 2.55. The zero-order chi connectivity index (χ0) is 12.4. The second-order valence-corrected chi connectivity index (χ2v) is 4.33. The van der Waals surface area contributed by atoms with Crippen LogP contribution in [-0.2, 0) is 4.74 Å². The molecule has 2 rings (SSSR count). The van der Waals surface area contributed by atoms with Crippen molar-refractivity contribution in [1.29, 1.82) is 0 Å². The van der Waals surface area contributed by atoms with Crippen molar-refractivity contribution in [3.63, 3.8) is 0 Å². The average Bonchev–Trinajstić information content (AvgIpc) is 2.32. The van der Waals surface area contributed by atoms with Gasteiger partial charge in [-0.1, -0.05) is 6.07 Å². The van der Waals surface area contributed by atoms with Gasteiger partial charge < -0.3 is 14.7 Å². The first kappa shape index (κ1) is 11.9. The summed E-state index contributed by atoms with van der Waals surface area (Å²) in [6, 6.07) is 5.27. The van der Waals surface area contributed by atoms with E-state index in [0.717, 1.165) is 6.54 Å². The van der Waals surface area contributed by atoms with Gasteiger partial charge >= 0.3 is 5.97 Å². The van der Waals surface area contributed by atoms with E-state index < -0.39 is 5.97 Å². The SMILES string of the molecule is CC1CN(c2cccc(C(=O)O)n2)C(C)CO1. The van der Waals surface area contributed by atoms with Crippen molar-refractivity contribution >= 4 is 11.8 Å². The van der Waals surface area contributed by atoms with E-state index in [4.69, 9.17) is 9.84 Å². The van der Waals surface area contributed by atoms with Crippen LogP contribution in [0, 0.1) is 0 Å². The Hall–Kier alpha value is -1.62. The number of carboxylic acid groups (broad SMARTS) is 1. The first-order chi connectivity index (χ1) is 8.08. The second-order valence-electron chi connectivity index (χ2n) is 4.33. The smallest absolute Gasteiger partial charge is 0.354 e. The third-order valence-electron chi connectivity index (χ3n) is 2.86. The molecule has 5 heteroatoms. The molecular formula is C12H16N2O3. The maximum absolute atomic E-state index is 10.9. The number of morpholine rings is 1. The molecule has 0 aromatic carbocycles. The first-order valence-corrected chi connectivity index (χ1v) is 5.66. The molecule has 1 fully saturated rings. The number of anilines is 1. The van der Waals surface area contributed by atoms with Crippen LogP contribution >= 0.6 is 0 Å². The summed E-state index contributed by atoms with van der Waals surface area (Å²) in [5.41, 5.74) is 0.0776. The lowest BCUT2D eigenvalue weighted by Gasteiger charge is -2.37. The minimum atomic E-state index is -0.999. The molecule has 0 aliphatic carbocycles. The molecule has 0 spiro atoms. The number of hydrogen-bond donors (Lipinski definition) is 1. The predicted molar refractivity (Wildman–Crippen MR) is 63.4 cm³/mol. The monoisotopic (exact) mass is 236 g/mol. The molecule has 2 atom stereocenters. The van der Waals surface area contributed by atoms with Crippen LogP contribution in [0.4, 0.5) is 5.82 Å². The number of nitrogens with zero attached hydrogens (tertiary/aromatic N) is 2. The Bertz CT molecular complexity index is 422. The van der Waals surface area contributed by atoms with E-state index in [-0.39, 0.29) is 17.8 Å². The number of pyridine rings is 1. The highest BCUT2D eigenvalue weighted by Crippen LogP contribution is 2.19. The summed E-state index contributed by atoms with van der Waals surface area (Å²) in [5, 5.41) is 8.92. The molecular weight excluding hydrogens is 220 g/mol. The molecule has 1 aromatic rings. The van der Waals surface area contributed by atoms with E-state index in [0.29, 0.717) is 12.4 Å². The van der Waals surface area contributed by atoms with E-state index in [1.807, 2.05) is 19.9 Å². The van der Waals surface area contributed by atoms with Crippen LogP contribution < -0.4 is 4.90 Å². The predicted octanol–water partition coefficient (Wildman–Crippen LogP) is 1.39. The molecule has 1 saturated heterocycles. The normalized spacial score (nSPS) is 24.7. The fourth-order valence-electron chi connectivity index (χ4n) is 1.92. The Kier molecular flexibility index (Phi) is 3.28. The fourth-order valence-corrected chi connectivity index (χ4v) is 1.92. The molecule has 0 amide bonds. The van der Waals surface area contributed by atoms with E-state index in [9.17, 15) is 4.79 Å². The van der Waals surface area contributed by atoms with Gasteiger partial charge in [0.15, 0.2) is 5.69 Å². The number of aromatic carboxylic acids is 1. The van der Waals surface area contributed by atoms with Gasteiger partial charge in [0.25, 0.3) is 0 Å². The van der Waals surface area contributed by atoms with Crippen LogP contribution in [0.25, 0.3) is 0 Å². The van der Waals surface area contributed by atoms with Gasteiger partial charge in [0.1, 0.15) is 5.82 Å². The number of ether oxygens (including phenoxy) is 1. The topological polar surface area (TPSA) is 62.7 Å². The van der Waals surface area contributed by atoms with E-state index in [2.05, 4.69) is 9.88 Å². The van der Waals surface area contributed by atoms with Crippen LogP contribution in [0.5, 0.6) is 0 Å². The summed E-state index contributed by atoms with van der Waals surface area (Å²) < 4.78 is 5.53. The van der Waals surface area contributed by atoms with Gasteiger partial charge in [-0.25, -0.2) is 9.78 Å². The Morgan fingerprint density at radius 3 is 3.00 bits per heavy atom. The van der Waals surface area contributed by atoms with Crippen molar-refractivity contribution in [2.24, 2.45) is 0 Å². The Morgan fingerprint density at radius 2 is 2.29 bits per heavy atom. The quantitative estimate of drug-likeness (QED) is 0.840. The van der Waals surface area contributed by atoms with Crippen LogP contribution in [-0.4, -0.2) is 41.4 Å². The highest BCUT2D eigenvalue weighted by atomic mass is 16.5. The number of aromatic nitrogens is 1. The van der Waals surface area contributed by atoms with Gasteiger partial charge in [-0.3, -0.25) is 0 Å². The van der Waals surface area contributed by atoms with Crippen molar-refractivity contribution in [3.05, 3.63) is 23.9 Å². The van der Waals surface area contributed by atoms with Gasteiger partial charge in [0, 0.05) is 6.54 Å². The largest absolute Gasteiger partial charge is 0.477 e. The van der Waals surface area contributed by atoms with Crippen molar-refractivity contribution in [2.45, 2.75) is 26.0 Å². The van der Waals surface area contributed by atoms with Crippen LogP contribution in [0.3, 0.4) is 0 Å². The van der Waals surface area contributed by atoms with Crippen molar-refractivity contribution in [2.75, 3.05) is 18.1 Å². The molecule has 5 nitrogen and oxygen atoms in total. The lowest BCUT2D eigenvalue weighted by molar-refractivity contribution is 0.0340. The van der Waals surface area contributed by atoms with Crippen molar-refractivity contribution in [1.82, 2.24) is 4.98 Å². The molecule has 1 N–H and O–H groups in total. The minimum absolute atomic E-state index is 0.0776. The molecule has 2 heterocycles. The average molecular weight is 236 g/mol. The Balaban J connectivity index is 2.26. The zero-order valence-corrected chi connectivity index (χ0v) is 9.96. The molecule has 1 aliphatic rings. The van der Waals surface area contributed by atoms with E-state index >= 15 is 0 Å². The second kappa shape index (κ2) is 4.71. The van der Waals surface area contributed by atoms with Crippen LogP contribution in [0.2, 0.25) is 0 Å². The number of carbonyl (C=O) groups is 1. The highest BCUT2D eigenvalue weighted by molar-refractivity contribution is 5.85. The molecule has 1 aromatic heterocycles. The van der Waals surface area contributed by atoms with Gasteiger partial charge in [0.05, 0.1) is 18.8 Å². The molecule has 92 valence electrons. The molecule has 17 heavy (non-hydrogen) atoms. The van der Waals surface area contributed by atoms with Crippen LogP contribution in [0.15, 0.2) is 18.2 Å². The van der Waals surface area contributed by atoms with Crippen molar-refractivity contribution < 1.29 is 14.6 Å². The lowest BCUT2D eigenvalue weighted by atomic mass is 10.2. The van der Waals surface area contributed by atoms with E-state index in [1.54, 1.807) is 6.07 Å². The fraction of sp³-hybridized carbons (Fsp3) is 0.500. The number of hydrogen-bond acceptors (Lipinski definition) is 4. The van der Waals surface area contributed by atoms with Gasteiger partial charge in [-0.15, -0.1) is 0 Å². The third-order valence-corrected chi connectivity index (χ3v) is 2.86. The zero-order valence-electron chi connectivity index (χ0n) is 9.96. The molecule has 0 radical (unpaired) electrons. The van der Waals surface area contributed by atoms with Crippen LogP contribution in [0.1, 0.15) is 24.3 Å². The molecule has 0 bridgehead atoms.